The number of hydrogen-bond donors (Lipinski definition) is 1. The quantitative estimate of drug-likeness (QED) is 0.711. The lowest BCUT2D eigenvalue weighted by molar-refractivity contribution is -0.137. The highest BCUT2D eigenvalue weighted by atomic mass is 79.9. The minimum absolute atomic E-state index is 0.340. The van der Waals surface area contributed by atoms with Gasteiger partial charge in [-0.2, -0.15) is 13.2 Å². The highest BCUT2D eigenvalue weighted by Gasteiger charge is 2.31. The van der Waals surface area contributed by atoms with Gasteiger partial charge in [0.15, 0.2) is 5.75 Å². The summed E-state index contributed by atoms with van der Waals surface area (Å²) in [7, 11) is 0. The van der Waals surface area contributed by atoms with Gasteiger partial charge in [0.25, 0.3) is 0 Å². The molecule has 1 aliphatic rings. The average molecular weight is 344 g/mol. The molecule has 0 atom stereocenters. The van der Waals surface area contributed by atoms with Crippen LogP contribution in [-0.4, -0.2) is 0 Å². The lowest BCUT2D eigenvalue weighted by Crippen LogP contribution is -2.06. The first-order chi connectivity index (χ1) is 9.43. The third-order valence-electron chi connectivity index (χ3n) is 3.02. The maximum atomic E-state index is 12.7. The Morgan fingerprint density at radius 2 is 1.80 bits per heavy atom. The highest BCUT2D eigenvalue weighted by Crippen LogP contribution is 2.40. The molecule has 0 aliphatic carbocycles. The zero-order chi connectivity index (χ0) is 14.3. The smallest absolute Gasteiger partial charge is 0.416 e. The standard InChI is InChI=1S/C14H9BrF3NO/c15-10-2-4-12-8(5-10)7-19-11-6-9(14(16,17)18)1-3-13(11)20-12/h1-6,19H,7H2. The predicted molar refractivity (Wildman–Crippen MR) is 73.0 cm³/mol. The van der Waals surface area contributed by atoms with Gasteiger partial charge in [-0.25, -0.2) is 0 Å². The Morgan fingerprint density at radius 3 is 2.55 bits per heavy atom. The molecule has 0 saturated carbocycles. The van der Waals surface area contributed by atoms with E-state index in [1.54, 1.807) is 6.07 Å². The van der Waals surface area contributed by atoms with Gasteiger partial charge < -0.3 is 10.1 Å². The van der Waals surface area contributed by atoms with E-state index in [4.69, 9.17) is 4.74 Å². The molecule has 0 radical (unpaired) electrons. The summed E-state index contributed by atoms with van der Waals surface area (Å²) in [6, 6.07) is 8.91. The van der Waals surface area contributed by atoms with E-state index < -0.39 is 11.7 Å². The third-order valence-corrected chi connectivity index (χ3v) is 3.51. The van der Waals surface area contributed by atoms with Crippen LogP contribution in [0.25, 0.3) is 0 Å². The summed E-state index contributed by atoms with van der Waals surface area (Å²) >= 11 is 3.36. The van der Waals surface area contributed by atoms with Crippen molar-refractivity contribution in [2.45, 2.75) is 12.7 Å². The van der Waals surface area contributed by atoms with E-state index in [1.165, 1.54) is 6.07 Å². The van der Waals surface area contributed by atoms with Crippen LogP contribution in [-0.2, 0) is 12.7 Å². The van der Waals surface area contributed by atoms with Crippen molar-refractivity contribution in [1.29, 1.82) is 0 Å². The number of rotatable bonds is 0. The van der Waals surface area contributed by atoms with Gasteiger partial charge in [0.1, 0.15) is 5.75 Å². The molecule has 104 valence electrons. The largest absolute Gasteiger partial charge is 0.455 e. The predicted octanol–water partition coefficient (Wildman–Crippen LogP) is 5.19. The molecule has 2 nitrogen and oxygen atoms in total. The van der Waals surface area contributed by atoms with Crippen molar-refractivity contribution in [3.63, 3.8) is 0 Å². The molecular weight excluding hydrogens is 335 g/mol. The summed E-state index contributed by atoms with van der Waals surface area (Å²) in [4.78, 5) is 0. The van der Waals surface area contributed by atoms with Gasteiger partial charge in [0.05, 0.1) is 11.3 Å². The summed E-state index contributed by atoms with van der Waals surface area (Å²) in [5.74, 6) is 1.03. The van der Waals surface area contributed by atoms with Crippen LogP contribution in [0.4, 0.5) is 18.9 Å². The molecule has 20 heavy (non-hydrogen) atoms. The number of ether oxygens (including phenoxy) is 1. The molecule has 0 unspecified atom stereocenters. The number of alkyl halides is 3. The van der Waals surface area contributed by atoms with E-state index in [-0.39, 0.29) is 0 Å². The molecule has 6 heteroatoms. The Labute approximate surface area is 121 Å². The molecule has 0 spiro atoms. The molecule has 0 bridgehead atoms. The molecule has 2 aromatic rings. The minimum Gasteiger partial charge on any atom is -0.455 e. The zero-order valence-electron chi connectivity index (χ0n) is 10.1. The van der Waals surface area contributed by atoms with Crippen molar-refractivity contribution in [3.8, 4) is 11.5 Å². The van der Waals surface area contributed by atoms with E-state index >= 15 is 0 Å². The second kappa shape index (κ2) is 4.70. The van der Waals surface area contributed by atoms with E-state index in [0.717, 1.165) is 22.2 Å². The Hall–Kier alpha value is -1.69. The maximum Gasteiger partial charge on any atom is 0.416 e. The molecule has 1 aliphatic heterocycles. The number of hydrogen-bond acceptors (Lipinski definition) is 2. The summed E-state index contributed by atoms with van der Waals surface area (Å²) in [6.07, 6.45) is -4.36. The molecule has 1 heterocycles. The fourth-order valence-corrected chi connectivity index (χ4v) is 2.44. The van der Waals surface area contributed by atoms with Gasteiger partial charge in [0.2, 0.25) is 0 Å². The summed E-state index contributed by atoms with van der Waals surface area (Å²) in [6.45, 7) is 0.406. The fraction of sp³-hybridized carbons (Fsp3) is 0.143. The topological polar surface area (TPSA) is 21.3 Å². The van der Waals surface area contributed by atoms with Crippen molar-refractivity contribution in [3.05, 3.63) is 52.0 Å². The van der Waals surface area contributed by atoms with Crippen molar-refractivity contribution >= 4 is 21.6 Å². The van der Waals surface area contributed by atoms with Crippen LogP contribution in [0, 0.1) is 0 Å². The van der Waals surface area contributed by atoms with Crippen LogP contribution >= 0.6 is 15.9 Å². The Kier molecular flexibility index (Phi) is 3.12. The Bertz CT molecular complexity index is 670. The van der Waals surface area contributed by atoms with E-state index in [2.05, 4.69) is 21.2 Å². The molecule has 0 saturated heterocycles. The Balaban J connectivity index is 2.01. The van der Waals surface area contributed by atoms with Crippen molar-refractivity contribution in [1.82, 2.24) is 0 Å². The van der Waals surface area contributed by atoms with Gasteiger partial charge >= 0.3 is 6.18 Å². The molecular formula is C14H9BrF3NO. The van der Waals surface area contributed by atoms with Gasteiger partial charge in [-0.05, 0) is 36.4 Å². The Morgan fingerprint density at radius 1 is 1.05 bits per heavy atom. The first-order valence-corrected chi connectivity index (χ1v) is 6.64. The average Bonchev–Trinajstić information content (AvgIpc) is 2.56. The van der Waals surface area contributed by atoms with Gasteiger partial charge in [-0.3, -0.25) is 0 Å². The van der Waals surface area contributed by atoms with Crippen molar-refractivity contribution in [2.75, 3.05) is 5.32 Å². The molecule has 3 rings (SSSR count). The zero-order valence-corrected chi connectivity index (χ0v) is 11.7. The fourth-order valence-electron chi connectivity index (χ4n) is 2.03. The minimum atomic E-state index is -4.36. The molecule has 0 amide bonds. The molecule has 0 fully saturated rings. The summed E-state index contributed by atoms with van der Waals surface area (Å²) in [5, 5.41) is 2.98. The normalized spacial score (nSPS) is 13.6. The summed E-state index contributed by atoms with van der Waals surface area (Å²) in [5.41, 5.74) is 0.524. The van der Waals surface area contributed by atoms with E-state index in [9.17, 15) is 13.2 Å². The number of benzene rings is 2. The van der Waals surface area contributed by atoms with E-state index in [0.29, 0.717) is 23.7 Å². The maximum absolute atomic E-state index is 12.7. The lowest BCUT2D eigenvalue weighted by Gasteiger charge is -2.12. The van der Waals surface area contributed by atoms with Crippen LogP contribution in [0.3, 0.4) is 0 Å². The van der Waals surface area contributed by atoms with Crippen LogP contribution in [0.5, 0.6) is 11.5 Å². The van der Waals surface area contributed by atoms with Gasteiger partial charge in [-0.15, -0.1) is 0 Å². The molecule has 2 aromatic carbocycles. The number of anilines is 1. The molecule has 0 aromatic heterocycles. The number of nitrogens with one attached hydrogen (secondary N) is 1. The second-order valence-corrected chi connectivity index (χ2v) is 5.33. The lowest BCUT2D eigenvalue weighted by atomic mass is 10.1. The van der Waals surface area contributed by atoms with Crippen LogP contribution < -0.4 is 10.1 Å². The monoisotopic (exact) mass is 343 g/mol. The first kappa shape index (κ1) is 13.3. The number of halogens is 4. The van der Waals surface area contributed by atoms with Gasteiger partial charge in [-0.1, -0.05) is 15.9 Å². The van der Waals surface area contributed by atoms with Gasteiger partial charge in [0, 0.05) is 16.6 Å². The first-order valence-electron chi connectivity index (χ1n) is 5.85. The number of fused-ring (bicyclic) bond motifs is 2. The third kappa shape index (κ3) is 2.47. The van der Waals surface area contributed by atoms with Crippen LogP contribution in [0.15, 0.2) is 40.9 Å². The summed E-state index contributed by atoms with van der Waals surface area (Å²) < 4.78 is 44.7. The van der Waals surface area contributed by atoms with E-state index in [1.807, 2.05) is 12.1 Å². The highest BCUT2D eigenvalue weighted by molar-refractivity contribution is 9.10. The van der Waals surface area contributed by atoms with Crippen molar-refractivity contribution in [2.24, 2.45) is 0 Å². The van der Waals surface area contributed by atoms with Crippen LogP contribution in [0.2, 0.25) is 0 Å². The second-order valence-electron chi connectivity index (χ2n) is 4.42. The van der Waals surface area contributed by atoms with Crippen LogP contribution in [0.1, 0.15) is 11.1 Å². The molecule has 1 N–H and O–H groups in total. The van der Waals surface area contributed by atoms with Crippen molar-refractivity contribution < 1.29 is 17.9 Å². The SMILES string of the molecule is FC(F)(F)c1ccc2c(c1)NCc1cc(Br)ccc1O2.